The van der Waals surface area contributed by atoms with Crippen LogP contribution in [0.2, 0.25) is 0 Å². The molecule has 2 aromatic heterocycles. The molecule has 0 radical (unpaired) electrons. The fourth-order valence-corrected chi connectivity index (χ4v) is 6.03. The molecule has 1 aliphatic heterocycles. The van der Waals surface area contributed by atoms with Crippen molar-refractivity contribution in [1.29, 1.82) is 0 Å². The van der Waals surface area contributed by atoms with Crippen molar-refractivity contribution in [3.63, 3.8) is 0 Å². The highest BCUT2D eigenvalue weighted by molar-refractivity contribution is 14.2. The molecule has 0 aliphatic carbocycles. The van der Waals surface area contributed by atoms with Crippen LogP contribution in [-0.4, -0.2) is 44.9 Å². The average Bonchev–Trinajstić information content (AvgIpc) is 3.35. The number of carbonyl (C=O) groups is 1. The molecule has 2 atom stereocenters. The minimum Gasteiger partial charge on any atom is -0.494 e. The SMILES string of the molecule is O=C(CCCCCCOc1ccc(Nc2nc(N3CCCCC3)c3ncn(PI)c3n2)cc1)NOPI. The maximum absolute atomic E-state index is 11.5. The zero-order valence-corrected chi connectivity index (χ0v) is 26.7. The van der Waals surface area contributed by atoms with Crippen molar-refractivity contribution in [2.45, 2.75) is 51.4 Å². The molecule has 1 aromatic carbocycles. The van der Waals surface area contributed by atoms with Crippen molar-refractivity contribution < 1.29 is 14.2 Å². The number of nitrogens with one attached hydrogen (secondary N) is 2. The van der Waals surface area contributed by atoms with Crippen molar-refractivity contribution >= 4 is 91.4 Å². The van der Waals surface area contributed by atoms with Gasteiger partial charge in [-0.15, -0.1) is 0 Å². The van der Waals surface area contributed by atoms with Gasteiger partial charge in [-0.2, -0.15) is 9.97 Å². The number of halogens is 2. The molecule has 1 amide bonds. The number of nitrogens with zero attached hydrogens (tertiary/aromatic N) is 5. The molecule has 2 N–H and O–H groups in total. The summed E-state index contributed by atoms with van der Waals surface area (Å²) < 4.78 is 12.9. The topological polar surface area (TPSA) is 106 Å². The first-order chi connectivity index (χ1) is 18.2. The van der Waals surface area contributed by atoms with E-state index in [2.05, 4.69) is 69.1 Å². The monoisotopic (exact) mass is 769 g/mol. The van der Waals surface area contributed by atoms with Crippen LogP contribution in [0.15, 0.2) is 30.6 Å². The normalized spacial score (nSPS) is 14.3. The van der Waals surface area contributed by atoms with Crippen LogP contribution in [0.5, 0.6) is 5.75 Å². The fourth-order valence-electron chi connectivity index (χ4n) is 4.15. The van der Waals surface area contributed by atoms with Gasteiger partial charge in [0, 0.05) is 25.2 Å². The van der Waals surface area contributed by atoms with Crippen LogP contribution < -0.4 is 20.4 Å². The standard InChI is InChI=1S/C23H31I2N7O3P2/c24-36-32-16-26-20-21(31-13-5-3-6-14-31)28-23(29-22(20)32)27-17-9-11-18(12-10-17)34-15-7-2-1-4-8-19(33)30-35-37-25/h9-12,16,36-37H,1-8,13-15H2,(H,30,33)(H,27,28,29). The Hall–Kier alpha value is -1.08. The van der Waals surface area contributed by atoms with Gasteiger partial charge < -0.3 is 15.0 Å². The molecule has 0 bridgehead atoms. The molecule has 1 fully saturated rings. The molecule has 37 heavy (non-hydrogen) atoms. The van der Waals surface area contributed by atoms with E-state index in [1.807, 2.05) is 30.6 Å². The summed E-state index contributed by atoms with van der Waals surface area (Å²) in [4.78, 5) is 28.1. The minimum atomic E-state index is -0.0573. The molecule has 10 nitrogen and oxygen atoms in total. The Morgan fingerprint density at radius 2 is 1.81 bits per heavy atom. The zero-order valence-electron chi connectivity index (χ0n) is 20.4. The van der Waals surface area contributed by atoms with Gasteiger partial charge >= 0.3 is 0 Å². The molecular weight excluding hydrogens is 738 g/mol. The summed E-state index contributed by atoms with van der Waals surface area (Å²) in [5.74, 6) is 2.26. The molecule has 0 saturated carbocycles. The van der Waals surface area contributed by atoms with Gasteiger partial charge in [0.25, 0.3) is 0 Å². The summed E-state index contributed by atoms with van der Waals surface area (Å²) in [6.45, 7) is 2.89. The maximum atomic E-state index is 11.5. The molecule has 14 heteroatoms. The van der Waals surface area contributed by atoms with E-state index in [1.54, 1.807) is 0 Å². The number of hydrogen-bond acceptors (Lipinski definition) is 8. The fraction of sp³-hybridized carbons (Fsp3) is 0.478. The van der Waals surface area contributed by atoms with Crippen molar-refractivity contribution in [2.75, 3.05) is 29.9 Å². The molecule has 2 unspecified atom stereocenters. The van der Waals surface area contributed by atoms with Crippen LogP contribution in [0, 0.1) is 0 Å². The largest absolute Gasteiger partial charge is 0.494 e. The van der Waals surface area contributed by atoms with Gasteiger partial charge in [0.2, 0.25) is 11.9 Å². The summed E-state index contributed by atoms with van der Waals surface area (Å²) in [5, 5.41) is 3.37. The van der Waals surface area contributed by atoms with Gasteiger partial charge in [-0.05, 0) is 100 Å². The number of hydroxylamine groups is 1. The number of unbranched alkanes of at least 4 members (excludes halogenated alkanes) is 3. The van der Waals surface area contributed by atoms with E-state index in [0.29, 0.717) is 25.3 Å². The van der Waals surface area contributed by atoms with Gasteiger partial charge in [-0.1, -0.05) is 12.8 Å². The number of anilines is 3. The number of carbonyl (C=O) groups excluding carboxylic acids is 1. The van der Waals surface area contributed by atoms with Crippen molar-refractivity contribution in [3.8, 4) is 5.75 Å². The number of amides is 1. The molecule has 3 heterocycles. The first-order valence-corrected chi connectivity index (χ1v) is 20.4. The smallest absolute Gasteiger partial charge is 0.243 e. The highest BCUT2D eigenvalue weighted by Crippen LogP contribution is 2.33. The quantitative estimate of drug-likeness (QED) is 0.0812. The number of rotatable bonds is 14. The molecule has 1 aliphatic rings. The molecule has 1 saturated heterocycles. The van der Waals surface area contributed by atoms with Crippen LogP contribution in [0.4, 0.5) is 17.5 Å². The second-order valence-corrected chi connectivity index (χ2v) is 12.4. The van der Waals surface area contributed by atoms with E-state index in [0.717, 1.165) is 67.2 Å². The number of piperidine rings is 1. The Bertz CT molecular complexity index is 1150. The molecular formula is C23H31I2N7O3P2. The lowest BCUT2D eigenvalue weighted by Crippen LogP contribution is -2.30. The Labute approximate surface area is 246 Å². The van der Waals surface area contributed by atoms with Gasteiger partial charge in [0.15, 0.2) is 17.0 Å². The first kappa shape index (κ1) is 28.9. The van der Waals surface area contributed by atoms with Crippen LogP contribution in [0.25, 0.3) is 11.2 Å². The molecule has 4 rings (SSSR count). The lowest BCUT2D eigenvalue weighted by atomic mass is 10.1. The summed E-state index contributed by atoms with van der Waals surface area (Å²) in [6, 6.07) is 7.89. The predicted octanol–water partition coefficient (Wildman–Crippen LogP) is 6.67. The Morgan fingerprint density at radius 1 is 1.03 bits per heavy atom. The number of hydrogen-bond donors (Lipinski definition) is 2. The lowest BCUT2D eigenvalue weighted by molar-refractivity contribution is -0.127. The third-order valence-electron chi connectivity index (χ3n) is 6.01. The lowest BCUT2D eigenvalue weighted by Gasteiger charge is -2.28. The van der Waals surface area contributed by atoms with Crippen molar-refractivity contribution in [2.24, 2.45) is 0 Å². The van der Waals surface area contributed by atoms with Crippen LogP contribution in [0.3, 0.4) is 0 Å². The van der Waals surface area contributed by atoms with Crippen molar-refractivity contribution in [3.05, 3.63) is 30.6 Å². The number of ether oxygens (including phenoxy) is 1. The molecule has 0 spiro atoms. The second-order valence-electron chi connectivity index (χ2n) is 8.66. The molecule has 3 aromatic rings. The third kappa shape index (κ3) is 8.71. The highest BCUT2D eigenvalue weighted by atomic mass is 127. The van der Waals surface area contributed by atoms with Crippen LogP contribution >= 0.6 is 56.9 Å². The summed E-state index contributed by atoms with van der Waals surface area (Å²) in [7, 11) is 0. The van der Waals surface area contributed by atoms with E-state index in [9.17, 15) is 4.79 Å². The second kappa shape index (κ2) is 15.5. The van der Waals surface area contributed by atoms with E-state index < -0.39 is 0 Å². The Kier molecular flexibility index (Phi) is 12.1. The average molecular weight is 769 g/mol. The van der Waals surface area contributed by atoms with E-state index >= 15 is 0 Å². The van der Waals surface area contributed by atoms with Gasteiger partial charge in [-0.3, -0.25) is 9.13 Å². The van der Waals surface area contributed by atoms with E-state index in [4.69, 9.17) is 19.3 Å². The first-order valence-electron chi connectivity index (χ1n) is 12.3. The van der Waals surface area contributed by atoms with Crippen molar-refractivity contribution in [1.82, 2.24) is 24.8 Å². The predicted molar refractivity (Wildman–Crippen MR) is 169 cm³/mol. The molecule has 200 valence electrons. The summed E-state index contributed by atoms with van der Waals surface area (Å²) in [5.41, 5.74) is 5.07. The highest BCUT2D eigenvalue weighted by Gasteiger charge is 2.20. The maximum Gasteiger partial charge on any atom is 0.243 e. The number of imidazole rings is 1. The van der Waals surface area contributed by atoms with E-state index in [-0.39, 0.29) is 12.4 Å². The zero-order chi connectivity index (χ0) is 25.9. The Balaban J connectivity index is 1.28. The third-order valence-corrected chi connectivity index (χ3v) is 8.91. The minimum absolute atomic E-state index is 0.0573. The van der Waals surface area contributed by atoms with Gasteiger partial charge in [-0.25, -0.2) is 15.1 Å². The van der Waals surface area contributed by atoms with Gasteiger partial charge in [0.05, 0.1) is 13.0 Å². The summed E-state index contributed by atoms with van der Waals surface area (Å²) in [6.07, 6.45) is 10.3. The number of benzene rings is 1. The van der Waals surface area contributed by atoms with Crippen LogP contribution in [0.1, 0.15) is 51.4 Å². The van der Waals surface area contributed by atoms with E-state index in [1.165, 1.54) is 19.3 Å². The number of aromatic nitrogens is 4. The summed E-state index contributed by atoms with van der Waals surface area (Å²) >= 11 is 4.42. The van der Waals surface area contributed by atoms with Crippen LogP contribution in [-0.2, 0) is 9.42 Å². The van der Waals surface area contributed by atoms with Gasteiger partial charge in [0.1, 0.15) is 18.5 Å². The Morgan fingerprint density at radius 3 is 2.57 bits per heavy atom. The number of fused-ring (bicyclic) bond motifs is 1.